The number of H-pyrrole nitrogens is 1. The highest BCUT2D eigenvalue weighted by atomic mass is 32.2. The second-order valence-electron chi connectivity index (χ2n) is 7.79. The van der Waals surface area contributed by atoms with Crippen LogP contribution >= 0.6 is 0 Å². The molecule has 2 heterocycles. The molecule has 30 heavy (non-hydrogen) atoms. The zero-order valence-electron chi connectivity index (χ0n) is 16.8. The number of aromatic amines is 1. The molecule has 150 valence electrons. The fourth-order valence-corrected chi connectivity index (χ4v) is 4.81. The molecule has 0 saturated heterocycles. The highest BCUT2D eigenvalue weighted by Crippen LogP contribution is 2.32. The van der Waals surface area contributed by atoms with E-state index in [2.05, 4.69) is 40.3 Å². The number of sulfone groups is 1. The number of fused-ring (bicyclic) bond motifs is 2. The lowest BCUT2D eigenvalue weighted by molar-refractivity contribution is 0.587. The average molecular weight is 416 g/mol. The molecule has 1 N–H and O–H groups in total. The van der Waals surface area contributed by atoms with Gasteiger partial charge in [-0.2, -0.15) is 0 Å². The van der Waals surface area contributed by atoms with Crippen molar-refractivity contribution >= 4 is 27.1 Å². The molecule has 0 saturated carbocycles. The summed E-state index contributed by atoms with van der Waals surface area (Å²) in [5.74, 6) is 0. The van der Waals surface area contributed by atoms with E-state index in [-0.39, 0.29) is 0 Å². The predicted molar refractivity (Wildman–Crippen MR) is 120 cm³/mol. The predicted octanol–water partition coefficient (Wildman–Crippen LogP) is 5.04. The summed E-state index contributed by atoms with van der Waals surface area (Å²) in [7, 11) is -3.30. The number of nitrogens with zero attached hydrogens (tertiary/aromatic N) is 2. The van der Waals surface area contributed by atoms with Crippen LogP contribution in [0, 0.1) is 0 Å². The Labute approximate surface area is 175 Å². The second-order valence-corrected chi connectivity index (χ2v) is 10.3. The minimum absolute atomic E-state index is 0.323. The molecule has 1 aliphatic rings. The van der Waals surface area contributed by atoms with Crippen LogP contribution in [0.4, 0.5) is 0 Å². The maximum atomic E-state index is 12.4. The Kier molecular flexibility index (Phi) is 4.33. The van der Waals surface area contributed by atoms with E-state index in [9.17, 15) is 8.42 Å². The molecule has 0 aliphatic heterocycles. The minimum atomic E-state index is -3.30. The molecular weight excluding hydrogens is 394 g/mol. The zero-order valence-corrected chi connectivity index (χ0v) is 17.6. The van der Waals surface area contributed by atoms with Crippen LogP contribution in [0.25, 0.3) is 39.6 Å². The Morgan fingerprint density at radius 1 is 1.03 bits per heavy atom. The monoisotopic (exact) mass is 415 g/mol. The first-order valence-electron chi connectivity index (χ1n) is 9.92. The van der Waals surface area contributed by atoms with Crippen molar-refractivity contribution in [3.63, 3.8) is 0 Å². The lowest BCUT2D eigenvalue weighted by Gasteiger charge is -2.08. The van der Waals surface area contributed by atoms with Crippen LogP contribution in [0.15, 0.2) is 65.8 Å². The molecule has 1 aliphatic carbocycles. The maximum absolute atomic E-state index is 12.4. The van der Waals surface area contributed by atoms with E-state index < -0.39 is 15.1 Å². The van der Waals surface area contributed by atoms with Crippen LogP contribution in [0.2, 0.25) is 0 Å². The molecule has 5 rings (SSSR count). The third-order valence-electron chi connectivity index (χ3n) is 5.57. The summed E-state index contributed by atoms with van der Waals surface area (Å²) in [5.41, 5.74) is 7.73. The number of hydrogen-bond acceptors (Lipinski definition) is 4. The van der Waals surface area contributed by atoms with Crippen molar-refractivity contribution in [2.75, 3.05) is 0 Å². The highest BCUT2D eigenvalue weighted by molar-refractivity contribution is 7.92. The van der Waals surface area contributed by atoms with Gasteiger partial charge in [0.25, 0.3) is 0 Å². The van der Waals surface area contributed by atoms with E-state index >= 15 is 0 Å². The van der Waals surface area contributed by atoms with Gasteiger partial charge in [-0.05, 0) is 55.2 Å². The maximum Gasteiger partial charge on any atom is 0.180 e. The SMILES string of the molecule is CC(C)S(=O)(=O)c1ccc(-c2cnc3[nH]cc(-c4ccc5c(c4)C=CC5)c3n2)cc1. The van der Waals surface area contributed by atoms with Crippen molar-refractivity contribution < 1.29 is 8.42 Å². The van der Waals surface area contributed by atoms with Crippen molar-refractivity contribution in [2.45, 2.75) is 30.4 Å². The lowest BCUT2D eigenvalue weighted by atomic mass is 10.0. The summed E-state index contributed by atoms with van der Waals surface area (Å²) in [4.78, 5) is 12.9. The van der Waals surface area contributed by atoms with E-state index in [0.29, 0.717) is 10.6 Å². The van der Waals surface area contributed by atoms with E-state index in [0.717, 1.165) is 34.3 Å². The summed E-state index contributed by atoms with van der Waals surface area (Å²) in [5, 5.41) is -0.455. The van der Waals surface area contributed by atoms with E-state index in [1.54, 1.807) is 44.3 Å². The first kappa shape index (κ1) is 18.8. The first-order chi connectivity index (χ1) is 14.4. The molecule has 0 fully saturated rings. The molecule has 4 aromatic rings. The number of benzene rings is 2. The van der Waals surface area contributed by atoms with Crippen LogP contribution in [-0.4, -0.2) is 28.6 Å². The van der Waals surface area contributed by atoms with Gasteiger partial charge in [-0.25, -0.2) is 18.4 Å². The molecule has 2 aromatic carbocycles. The fraction of sp³-hybridized carbons (Fsp3) is 0.167. The quantitative estimate of drug-likeness (QED) is 0.506. The fourth-order valence-electron chi connectivity index (χ4n) is 3.75. The largest absolute Gasteiger partial charge is 0.344 e. The van der Waals surface area contributed by atoms with Crippen LogP contribution in [0.5, 0.6) is 0 Å². The molecule has 0 unspecified atom stereocenters. The van der Waals surface area contributed by atoms with E-state index in [1.165, 1.54) is 11.1 Å². The Balaban J connectivity index is 1.56. The molecule has 2 aromatic heterocycles. The summed E-state index contributed by atoms with van der Waals surface area (Å²) in [6.07, 6.45) is 8.95. The van der Waals surface area contributed by atoms with Crippen LogP contribution in [-0.2, 0) is 16.3 Å². The topological polar surface area (TPSA) is 75.7 Å². The average Bonchev–Trinajstić information content (AvgIpc) is 3.39. The first-order valence-corrected chi connectivity index (χ1v) is 11.5. The summed E-state index contributed by atoms with van der Waals surface area (Å²) < 4.78 is 24.7. The number of aromatic nitrogens is 3. The third kappa shape index (κ3) is 3.04. The molecule has 0 bridgehead atoms. The normalized spacial score (nSPS) is 13.3. The molecule has 0 atom stereocenters. The van der Waals surface area contributed by atoms with Gasteiger partial charge in [-0.3, -0.25) is 0 Å². The number of hydrogen-bond donors (Lipinski definition) is 1. The van der Waals surface area contributed by atoms with Gasteiger partial charge in [0.15, 0.2) is 15.5 Å². The molecule has 5 nitrogen and oxygen atoms in total. The van der Waals surface area contributed by atoms with Crippen molar-refractivity contribution in [1.29, 1.82) is 0 Å². The van der Waals surface area contributed by atoms with Gasteiger partial charge >= 0.3 is 0 Å². The lowest BCUT2D eigenvalue weighted by Crippen LogP contribution is -2.13. The molecule has 0 radical (unpaired) electrons. The highest BCUT2D eigenvalue weighted by Gasteiger charge is 2.19. The zero-order chi connectivity index (χ0) is 20.9. The van der Waals surface area contributed by atoms with Crippen LogP contribution in [0.3, 0.4) is 0 Å². The van der Waals surface area contributed by atoms with Gasteiger partial charge in [0.1, 0.15) is 5.52 Å². The van der Waals surface area contributed by atoms with Crippen molar-refractivity contribution in [3.05, 3.63) is 72.1 Å². The van der Waals surface area contributed by atoms with Gasteiger partial charge in [0, 0.05) is 17.3 Å². The van der Waals surface area contributed by atoms with Gasteiger partial charge in [-0.15, -0.1) is 0 Å². The standard InChI is InChI=1S/C24H21N3O2S/c1-15(2)30(28,29)20-10-8-17(9-11-20)22-14-26-24-23(27-22)21(13-25-24)19-7-6-16-4-3-5-18(16)12-19/h3,5-15H,4H2,1-2H3,(H,25,26). The van der Waals surface area contributed by atoms with Gasteiger partial charge < -0.3 is 4.98 Å². The van der Waals surface area contributed by atoms with Crippen molar-refractivity contribution in [1.82, 2.24) is 15.0 Å². The number of nitrogens with one attached hydrogen (secondary N) is 1. The van der Waals surface area contributed by atoms with Crippen LogP contribution < -0.4 is 0 Å². The molecule has 6 heteroatoms. The second kappa shape index (κ2) is 6.92. The Hall–Kier alpha value is -3.25. The summed E-state index contributed by atoms with van der Waals surface area (Å²) in [6.45, 7) is 3.37. The van der Waals surface area contributed by atoms with Crippen LogP contribution in [0.1, 0.15) is 25.0 Å². The van der Waals surface area contributed by atoms with Crippen molar-refractivity contribution in [3.8, 4) is 22.4 Å². The molecule has 0 amide bonds. The Morgan fingerprint density at radius 3 is 2.57 bits per heavy atom. The van der Waals surface area contributed by atoms with Gasteiger partial charge in [0.2, 0.25) is 0 Å². The van der Waals surface area contributed by atoms with Gasteiger partial charge in [0.05, 0.1) is 22.0 Å². The number of rotatable bonds is 4. The third-order valence-corrected chi connectivity index (χ3v) is 7.74. The summed E-state index contributed by atoms with van der Waals surface area (Å²) >= 11 is 0. The van der Waals surface area contributed by atoms with E-state index in [4.69, 9.17) is 4.98 Å². The molecule has 0 spiro atoms. The number of allylic oxidation sites excluding steroid dienone is 1. The molecular formula is C24H21N3O2S. The van der Waals surface area contributed by atoms with E-state index in [1.807, 2.05) is 6.20 Å². The Morgan fingerprint density at radius 2 is 1.80 bits per heavy atom. The Bertz CT molecular complexity index is 1400. The smallest absolute Gasteiger partial charge is 0.180 e. The minimum Gasteiger partial charge on any atom is -0.344 e. The summed E-state index contributed by atoms with van der Waals surface area (Å²) in [6, 6.07) is 13.3. The van der Waals surface area contributed by atoms with Gasteiger partial charge in [-0.1, -0.05) is 36.4 Å². The van der Waals surface area contributed by atoms with Crippen molar-refractivity contribution in [2.24, 2.45) is 0 Å².